The van der Waals surface area contributed by atoms with Gasteiger partial charge in [-0.3, -0.25) is 9.98 Å². The van der Waals surface area contributed by atoms with Crippen LogP contribution in [0.25, 0.3) is 0 Å². The van der Waals surface area contributed by atoms with Crippen molar-refractivity contribution < 1.29 is 0 Å². The van der Waals surface area contributed by atoms with Gasteiger partial charge < -0.3 is 4.72 Å². The van der Waals surface area contributed by atoms with Gasteiger partial charge in [0.2, 0.25) is 0 Å². The highest BCUT2D eigenvalue weighted by Gasteiger charge is 2.12. The highest BCUT2D eigenvalue weighted by atomic mass is 32.2. The Morgan fingerprint density at radius 2 is 2.37 bits per heavy atom. The molecule has 0 spiro atoms. The molecule has 1 aromatic heterocycles. The van der Waals surface area contributed by atoms with Crippen molar-refractivity contribution in [2.45, 2.75) is 4.90 Å². The van der Waals surface area contributed by atoms with Crippen molar-refractivity contribution in [3.8, 4) is 0 Å². The Bertz CT molecular complexity index is 568. The van der Waals surface area contributed by atoms with E-state index < -0.39 is 0 Å². The first-order valence-electron chi connectivity index (χ1n) is 5.86. The molecule has 0 amide bonds. The van der Waals surface area contributed by atoms with E-state index in [4.69, 9.17) is 0 Å². The number of aromatic nitrogens is 1. The maximum atomic E-state index is 4.33. The Morgan fingerprint density at radius 1 is 1.47 bits per heavy atom. The van der Waals surface area contributed by atoms with Crippen molar-refractivity contribution in [3.63, 3.8) is 0 Å². The van der Waals surface area contributed by atoms with Gasteiger partial charge in [0.25, 0.3) is 0 Å². The molecule has 0 aromatic carbocycles. The second-order valence-corrected chi connectivity index (χ2v) is 4.64. The van der Waals surface area contributed by atoms with E-state index in [2.05, 4.69) is 21.3 Å². The topological polar surface area (TPSA) is 37.3 Å². The number of nitrogens with zero attached hydrogens (tertiary/aromatic N) is 2. The Kier molecular flexibility index (Phi) is 4.75. The molecular weight excluding hydrogens is 254 g/mol. The van der Waals surface area contributed by atoms with E-state index in [1.165, 1.54) is 11.9 Å². The van der Waals surface area contributed by atoms with Gasteiger partial charge in [-0.15, -0.1) is 0 Å². The lowest BCUT2D eigenvalue weighted by Gasteiger charge is -2.15. The van der Waals surface area contributed by atoms with Gasteiger partial charge in [0, 0.05) is 29.9 Å². The van der Waals surface area contributed by atoms with Crippen LogP contribution in [0.15, 0.2) is 82.6 Å². The van der Waals surface area contributed by atoms with Gasteiger partial charge in [0.15, 0.2) is 0 Å². The first kappa shape index (κ1) is 13.4. The van der Waals surface area contributed by atoms with Crippen LogP contribution in [0.3, 0.4) is 0 Å². The molecule has 4 heteroatoms. The predicted octanol–water partition coefficient (Wildman–Crippen LogP) is 3.32. The average Bonchev–Trinajstić information content (AvgIpc) is 2.46. The van der Waals surface area contributed by atoms with Crippen LogP contribution in [-0.2, 0) is 0 Å². The molecule has 3 nitrogen and oxygen atoms in total. The lowest BCUT2D eigenvalue weighted by Crippen LogP contribution is -2.17. The summed E-state index contributed by atoms with van der Waals surface area (Å²) < 4.78 is 3.31. The molecule has 0 fully saturated rings. The molecule has 19 heavy (non-hydrogen) atoms. The molecule has 0 atom stereocenters. The molecule has 0 saturated heterocycles. The average molecular weight is 269 g/mol. The zero-order chi connectivity index (χ0) is 13.5. The van der Waals surface area contributed by atoms with Crippen molar-refractivity contribution in [3.05, 3.63) is 72.8 Å². The van der Waals surface area contributed by atoms with Crippen LogP contribution in [0.5, 0.6) is 0 Å². The number of pyridine rings is 1. The molecule has 0 aliphatic heterocycles. The zero-order valence-electron chi connectivity index (χ0n) is 10.7. The highest BCUT2D eigenvalue weighted by molar-refractivity contribution is 7.97. The maximum absolute atomic E-state index is 4.33. The molecule has 1 heterocycles. The zero-order valence-corrected chi connectivity index (χ0v) is 11.5. The van der Waals surface area contributed by atoms with E-state index in [1.54, 1.807) is 19.3 Å². The third kappa shape index (κ3) is 3.45. The summed E-state index contributed by atoms with van der Waals surface area (Å²) in [4.78, 5) is 9.47. The molecule has 1 aromatic rings. The Morgan fingerprint density at radius 3 is 3.05 bits per heavy atom. The number of hydrogen-bond acceptors (Lipinski definition) is 4. The quantitative estimate of drug-likeness (QED) is 0.852. The van der Waals surface area contributed by atoms with E-state index >= 15 is 0 Å². The van der Waals surface area contributed by atoms with Crippen LogP contribution in [-0.4, -0.2) is 17.7 Å². The summed E-state index contributed by atoms with van der Waals surface area (Å²) in [5.41, 5.74) is 2.96. The van der Waals surface area contributed by atoms with Crippen LogP contribution in [0, 0.1) is 0 Å². The lowest BCUT2D eigenvalue weighted by molar-refractivity contribution is 1.21. The van der Waals surface area contributed by atoms with Gasteiger partial charge in [-0.2, -0.15) is 0 Å². The number of nitrogens with one attached hydrogen (secondary N) is 1. The Balaban J connectivity index is 2.12. The van der Waals surface area contributed by atoms with Crippen LogP contribution >= 0.6 is 11.9 Å². The molecule has 2 rings (SSSR count). The van der Waals surface area contributed by atoms with E-state index in [9.17, 15) is 0 Å². The summed E-state index contributed by atoms with van der Waals surface area (Å²) in [6.07, 6.45) is 13.3. The van der Waals surface area contributed by atoms with Crippen LogP contribution in [0.1, 0.15) is 0 Å². The molecule has 0 bridgehead atoms. The van der Waals surface area contributed by atoms with E-state index in [0.717, 1.165) is 21.9 Å². The third-order valence-electron chi connectivity index (χ3n) is 2.50. The van der Waals surface area contributed by atoms with Crippen molar-refractivity contribution in [2.75, 3.05) is 7.05 Å². The van der Waals surface area contributed by atoms with Crippen LogP contribution in [0.4, 0.5) is 0 Å². The molecule has 0 saturated carbocycles. The minimum atomic E-state index is 0.929. The summed E-state index contributed by atoms with van der Waals surface area (Å²) in [5, 5.41) is 0. The number of aliphatic imine (C=N–C) groups is 1. The fourth-order valence-electron chi connectivity index (χ4n) is 1.68. The predicted molar refractivity (Wildman–Crippen MR) is 82.1 cm³/mol. The normalized spacial score (nSPS) is 18.5. The highest BCUT2D eigenvalue weighted by Crippen LogP contribution is 2.19. The largest absolute Gasteiger partial charge is 0.324 e. The first-order valence-corrected chi connectivity index (χ1v) is 6.68. The summed E-state index contributed by atoms with van der Waals surface area (Å²) in [7, 11) is 1.79. The fraction of sp³-hybridized carbons (Fsp3) is 0.0667. The molecule has 1 aliphatic carbocycles. The summed E-state index contributed by atoms with van der Waals surface area (Å²) >= 11 is 1.52. The third-order valence-corrected chi connectivity index (χ3v) is 3.30. The second kappa shape index (κ2) is 6.75. The second-order valence-electron chi connectivity index (χ2n) is 3.76. The molecule has 96 valence electrons. The van der Waals surface area contributed by atoms with E-state index in [0.29, 0.717) is 0 Å². The minimum Gasteiger partial charge on any atom is -0.324 e. The molecule has 1 N–H and O–H groups in total. The lowest BCUT2D eigenvalue weighted by atomic mass is 10.0. The van der Waals surface area contributed by atoms with E-state index in [1.807, 2.05) is 42.6 Å². The van der Waals surface area contributed by atoms with Gasteiger partial charge >= 0.3 is 0 Å². The number of rotatable bonds is 4. The van der Waals surface area contributed by atoms with Gasteiger partial charge in [-0.25, -0.2) is 0 Å². The summed E-state index contributed by atoms with van der Waals surface area (Å²) in [6, 6.07) is 3.92. The molecule has 0 radical (unpaired) electrons. The van der Waals surface area contributed by atoms with Crippen LogP contribution in [0.2, 0.25) is 0 Å². The minimum absolute atomic E-state index is 0.929. The monoisotopic (exact) mass is 269 g/mol. The van der Waals surface area contributed by atoms with Crippen molar-refractivity contribution in [1.29, 1.82) is 0 Å². The SMILES string of the molecule is C=C/C=C1/C=CC=C(NSc2cccnc2)C1=NC. The summed E-state index contributed by atoms with van der Waals surface area (Å²) in [5.74, 6) is 0. The van der Waals surface area contributed by atoms with Crippen molar-refractivity contribution >= 4 is 17.7 Å². The van der Waals surface area contributed by atoms with Crippen LogP contribution < -0.4 is 4.72 Å². The van der Waals surface area contributed by atoms with Gasteiger partial charge in [-0.05, 0) is 30.2 Å². The molecular formula is C15H15N3S. The first-order chi connectivity index (χ1) is 9.35. The smallest absolute Gasteiger partial charge is 0.0882 e. The Hall–Kier alpha value is -2.07. The standard InChI is InChI=1S/C15H15N3S/c1-3-6-12-7-4-9-14(15(12)16-2)18-19-13-8-5-10-17-11-13/h3-11,18H,1H2,2H3/b12-6-,16-15?. The van der Waals surface area contributed by atoms with Crippen molar-refractivity contribution in [2.24, 2.45) is 4.99 Å². The number of hydrogen-bond donors (Lipinski definition) is 1. The van der Waals surface area contributed by atoms with Gasteiger partial charge in [0.1, 0.15) is 0 Å². The molecule has 0 unspecified atom stereocenters. The van der Waals surface area contributed by atoms with Crippen molar-refractivity contribution in [1.82, 2.24) is 9.71 Å². The van der Waals surface area contributed by atoms with E-state index in [-0.39, 0.29) is 0 Å². The number of allylic oxidation sites excluding steroid dienone is 6. The Labute approximate surface area is 117 Å². The summed E-state index contributed by atoms with van der Waals surface area (Å²) in [6.45, 7) is 3.72. The van der Waals surface area contributed by atoms with Gasteiger partial charge in [0.05, 0.1) is 11.4 Å². The maximum Gasteiger partial charge on any atom is 0.0882 e. The molecule has 1 aliphatic rings. The fourth-order valence-corrected chi connectivity index (χ4v) is 2.33. The van der Waals surface area contributed by atoms with Gasteiger partial charge in [-0.1, -0.05) is 30.9 Å².